The van der Waals surface area contributed by atoms with Crippen LogP contribution >= 0.6 is 13.5 Å². The largest absolute Gasteiger partial charge is 0.394 e. The number of aliphatic hydroxyl groups is 1. The molecule has 0 saturated carbocycles. The van der Waals surface area contributed by atoms with Crippen LogP contribution in [-0.2, 0) is 6.42 Å². The van der Waals surface area contributed by atoms with Gasteiger partial charge < -0.3 is 19.8 Å². The number of nitrogens with zero attached hydrogens (tertiary/aromatic N) is 5. The molecule has 0 aliphatic carbocycles. The number of pyridine rings is 2. The molecule has 2 aromatic heterocycles. The van der Waals surface area contributed by atoms with Gasteiger partial charge >= 0.3 is 0 Å². The second-order valence-electron chi connectivity index (χ2n) is 11.1. The second kappa shape index (κ2) is 13.2. The minimum atomic E-state index is -0.408. The van der Waals surface area contributed by atoms with Gasteiger partial charge in [0.1, 0.15) is 23.3 Å². The number of hydrogen-bond donors (Lipinski definition) is 1. The fourth-order valence-corrected chi connectivity index (χ4v) is 6.27. The Bertz CT molecular complexity index is 1350. The van der Waals surface area contributed by atoms with Crippen molar-refractivity contribution in [3.05, 3.63) is 82.2 Å². The number of carbonyl (C=O) groups is 1. The van der Waals surface area contributed by atoms with E-state index in [1.165, 1.54) is 35.7 Å². The van der Waals surface area contributed by atoms with Crippen molar-refractivity contribution in [3.8, 4) is 0 Å². The van der Waals surface area contributed by atoms with Crippen LogP contribution in [0.3, 0.4) is 0 Å². The Kier molecular flexibility index (Phi) is 9.86. The summed E-state index contributed by atoms with van der Waals surface area (Å²) in [6.45, 7) is 9.15. The molecule has 1 aromatic carbocycles. The molecule has 2 aliphatic rings. The molecule has 0 unspecified atom stereocenters. The number of aromatic nitrogens is 2. The van der Waals surface area contributed by atoms with E-state index in [0.717, 1.165) is 54.9 Å². The monoisotopic (exact) mass is 583 g/mol. The van der Waals surface area contributed by atoms with Crippen LogP contribution in [0.4, 0.5) is 20.4 Å². The molecule has 0 radical (unpaired) electrons. The lowest BCUT2D eigenvalue weighted by Crippen LogP contribution is -2.56. The van der Waals surface area contributed by atoms with Crippen molar-refractivity contribution in [2.45, 2.75) is 46.1 Å². The molecule has 0 bridgehead atoms. The number of amides is 1. The predicted molar refractivity (Wildman–Crippen MR) is 162 cm³/mol. The Balaban J connectivity index is 0.00000387. The number of carbonyl (C=O) groups excluding carboxylic acids is 1. The van der Waals surface area contributed by atoms with Crippen LogP contribution in [0.5, 0.6) is 0 Å². The number of anilines is 2. The van der Waals surface area contributed by atoms with E-state index in [9.17, 15) is 18.7 Å². The van der Waals surface area contributed by atoms with Crippen molar-refractivity contribution in [2.75, 3.05) is 49.1 Å². The minimum Gasteiger partial charge on any atom is -0.394 e. The van der Waals surface area contributed by atoms with Gasteiger partial charge in [-0.25, -0.2) is 18.7 Å². The minimum absolute atomic E-state index is 0. The highest BCUT2D eigenvalue weighted by Crippen LogP contribution is 2.31. The first-order valence-electron chi connectivity index (χ1n) is 14.0. The number of aliphatic hydroxyl groups excluding tert-OH is 1. The van der Waals surface area contributed by atoms with Gasteiger partial charge in [0.05, 0.1) is 25.0 Å². The smallest absolute Gasteiger partial charge is 0.254 e. The highest BCUT2D eigenvalue weighted by molar-refractivity contribution is 7.59. The lowest BCUT2D eigenvalue weighted by molar-refractivity contribution is 0.0697. The molecule has 1 amide bonds. The molecule has 1 N–H and O–H groups in total. The van der Waals surface area contributed by atoms with Crippen LogP contribution in [0.2, 0.25) is 0 Å². The van der Waals surface area contributed by atoms with Crippen molar-refractivity contribution >= 4 is 31.0 Å². The summed E-state index contributed by atoms with van der Waals surface area (Å²) in [5.41, 5.74) is 5.19. The summed E-state index contributed by atoms with van der Waals surface area (Å²) in [6, 6.07) is 7.96. The Hall–Kier alpha value is -3.24. The van der Waals surface area contributed by atoms with Gasteiger partial charge in [-0.15, -0.1) is 0 Å². The number of benzene rings is 1. The van der Waals surface area contributed by atoms with E-state index >= 15 is 0 Å². The maximum Gasteiger partial charge on any atom is 0.254 e. The van der Waals surface area contributed by atoms with E-state index in [-0.39, 0.29) is 37.9 Å². The van der Waals surface area contributed by atoms with Gasteiger partial charge in [0.25, 0.3) is 5.91 Å². The quantitative estimate of drug-likeness (QED) is 0.458. The molecule has 10 heteroatoms. The first-order chi connectivity index (χ1) is 19.2. The van der Waals surface area contributed by atoms with Gasteiger partial charge in [-0.05, 0) is 92.5 Å². The predicted octanol–water partition coefficient (Wildman–Crippen LogP) is 4.58. The SMILES string of the molecule is Cc1cc(C)c(C(=O)N2CCN(c3ccc(F)cn3)[C@H](CO)C2)c(C)c1CC1CCN(c2ccc(F)cn2)CC1.S. The third-order valence-corrected chi connectivity index (χ3v) is 8.47. The molecular weight excluding hydrogens is 544 g/mol. The molecule has 1 atom stereocenters. The Morgan fingerprint density at radius 3 is 2.15 bits per heavy atom. The van der Waals surface area contributed by atoms with Crippen molar-refractivity contribution in [1.29, 1.82) is 0 Å². The topological polar surface area (TPSA) is 72.8 Å². The first kappa shape index (κ1) is 30.7. The van der Waals surface area contributed by atoms with Crippen LogP contribution < -0.4 is 9.80 Å². The molecule has 41 heavy (non-hydrogen) atoms. The summed E-state index contributed by atoms with van der Waals surface area (Å²) in [5.74, 6) is 1.15. The van der Waals surface area contributed by atoms with Crippen LogP contribution in [0.1, 0.15) is 45.5 Å². The molecule has 2 saturated heterocycles. The van der Waals surface area contributed by atoms with Crippen LogP contribution in [0.25, 0.3) is 0 Å². The van der Waals surface area contributed by atoms with E-state index in [2.05, 4.69) is 34.8 Å². The Morgan fingerprint density at radius 1 is 0.927 bits per heavy atom. The van der Waals surface area contributed by atoms with Gasteiger partial charge in [-0.3, -0.25) is 4.79 Å². The van der Waals surface area contributed by atoms with Crippen LogP contribution in [0, 0.1) is 38.3 Å². The van der Waals surface area contributed by atoms with Crippen molar-refractivity contribution in [1.82, 2.24) is 14.9 Å². The van der Waals surface area contributed by atoms with Crippen molar-refractivity contribution < 1.29 is 18.7 Å². The fraction of sp³-hybridized carbons (Fsp3) is 0.452. The molecule has 5 rings (SSSR count). The summed E-state index contributed by atoms with van der Waals surface area (Å²) < 4.78 is 26.6. The van der Waals surface area contributed by atoms with E-state index < -0.39 is 5.82 Å². The normalized spacial score (nSPS) is 17.9. The maximum atomic E-state index is 13.9. The molecule has 0 spiro atoms. The second-order valence-corrected chi connectivity index (χ2v) is 11.1. The maximum absolute atomic E-state index is 13.9. The van der Waals surface area contributed by atoms with Crippen LogP contribution in [-0.4, -0.2) is 71.3 Å². The standard InChI is InChI=1S/C31H37F2N5O2.H2S/c1-20-14-21(2)30(31(40)37-12-13-38(26(18-37)19-39)29-7-5-25(33)17-35-29)22(3)27(20)15-23-8-10-36(11-9-23)28-6-4-24(32)16-34-28;/h4-7,14,16-17,23,26,39H,8-13,15,18-19H2,1-3H3;1H2/t26-;/m0./s1. The Labute approximate surface area is 247 Å². The molecule has 2 aliphatic heterocycles. The number of halogens is 2. The van der Waals surface area contributed by atoms with E-state index in [0.29, 0.717) is 31.4 Å². The highest BCUT2D eigenvalue weighted by Gasteiger charge is 2.32. The summed E-state index contributed by atoms with van der Waals surface area (Å²) in [7, 11) is 0. The number of piperidine rings is 1. The number of piperazine rings is 1. The molecule has 3 aromatic rings. The zero-order valence-electron chi connectivity index (χ0n) is 23.9. The third kappa shape index (κ3) is 6.64. The molecule has 7 nitrogen and oxygen atoms in total. The highest BCUT2D eigenvalue weighted by atomic mass is 32.1. The number of hydrogen-bond acceptors (Lipinski definition) is 6. The van der Waals surface area contributed by atoms with E-state index in [1.54, 1.807) is 12.1 Å². The zero-order valence-corrected chi connectivity index (χ0v) is 24.9. The fourth-order valence-electron chi connectivity index (χ4n) is 6.27. The zero-order chi connectivity index (χ0) is 28.4. The molecule has 4 heterocycles. The van der Waals surface area contributed by atoms with Crippen LogP contribution in [0.15, 0.2) is 42.7 Å². The lowest BCUT2D eigenvalue weighted by Gasteiger charge is -2.41. The summed E-state index contributed by atoms with van der Waals surface area (Å²) >= 11 is 0. The summed E-state index contributed by atoms with van der Waals surface area (Å²) in [5, 5.41) is 10.1. The van der Waals surface area contributed by atoms with Crippen molar-refractivity contribution in [2.24, 2.45) is 5.92 Å². The summed E-state index contributed by atoms with van der Waals surface area (Å²) in [6.07, 6.45) is 5.36. The van der Waals surface area contributed by atoms with Gasteiger partial charge in [-0.2, -0.15) is 13.5 Å². The van der Waals surface area contributed by atoms with Gasteiger partial charge in [0, 0.05) is 38.3 Å². The average molecular weight is 584 g/mol. The van der Waals surface area contributed by atoms with E-state index in [1.807, 2.05) is 16.7 Å². The molecule has 2 fully saturated rings. The third-order valence-electron chi connectivity index (χ3n) is 8.47. The van der Waals surface area contributed by atoms with E-state index in [4.69, 9.17) is 0 Å². The van der Waals surface area contributed by atoms with Crippen molar-refractivity contribution in [3.63, 3.8) is 0 Å². The average Bonchev–Trinajstić information content (AvgIpc) is 2.96. The number of rotatable bonds is 6. The van der Waals surface area contributed by atoms with Gasteiger partial charge in [-0.1, -0.05) is 6.07 Å². The number of aryl methyl sites for hydroxylation is 2. The first-order valence-corrected chi connectivity index (χ1v) is 14.0. The summed E-state index contributed by atoms with van der Waals surface area (Å²) in [4.78, 5) is 28.3. The lowest BCUT2D eigenvalue weighted by atomic mass is 9.84. The Morgan fingerprint density at radius 2 is 1.56 bits per heavy atom. The molecule has 220 valence electrons. The van der Waals surface area contributed by atoms with Gasteiger partial charge in [0.2, 0.25) is 0 Å². The molecular formula is C31H39F2N5O2S. The van der Waals surface area contributed by atoms with Gasteiger partial charge in [0.15, 0.2) is 0 Å².